The third-order valence-corrected chi connectivity index (χ3v) is 4.10. The fourth-order valence-corrected chi connectivity index (χ4v) is 2.70. The molecule has 0 spiro atoms. The van der Waals surface area contributed by atoms with E-state index in [1.54, 1.807) is 0 Å². The van der Waals surface area contributed by atoms with E-state index >= 15 is 0 Å². The van der Waals surface area contributed by atoms with Crippen LogP contribution in [-0.2, 0) is 0 Å². The van der Waals surface area contributed by atoms with Gasteiger partial charge in [0.2, 0.25) is 0 Å². The van der Waals surface area contributed by atoms with E-state index in [9.17, 15) is 0 Å². The molecule has 0 atom stereocenters. The summed E-state index contributed by atoms with van der Waals surface area (Å²) in [6, 6.07) is 0. The van der Waals surface area contributed by atoms with Gasteiger partial charge in [0, 0.05) is 0 Å². The van der Waals surface area contributed by atoms with Crippen LogP contribution in [0.1, 0.15) is 46.5 Å². The Labute approximate surface area is 64.0 Å². The van der Waals surface area contributed by atoms with Gasteiger partial charge >= 0.3 is 0 Å². The highest BCUT2D eigenvalue weighted by atomic mass is 14.7. The lowest BCUT2D eigenvalue weighted by Crippen LogP contribution is -2.20. The smallest absolute Gasteiger partial charge is 0.0220 e. The van der Waals surface area contributed by atoms with Crippen LogP contribution in [0.3, 0.4) is 0 Å². The van der Waals surface area contributed by atoms with Gasteiger partial charge in [0.25, 0.3) is 0 Å². The minimum Gasteiger partial charge on any atom is -0.0622 e. The van der Waals surface area contributed by atoms with Crippen LogP contribution in [0.25, 0.3) is 0 Å². The molecule has 0 aromatic rings. The van der Waals surface area contributed by atoms with E-state index < -0.39 is 0 Å². The summed E-state index contributed by atoms with van der Waals surface area (Å²) in [5.74, 6) is 0.931. The maximum atomic E-state index is 2.49. The van der Waals surface area contributed by atoms with Crippen LogP contribution in [0, 0.1) is 16.7 Å². The highest BCUT2D eigenvalue weighted by molar-refractivity contribution is 5.13. The van der Waals surface area contributed by atoms with Crippen molar-refractivity contribution < 1.29 is 0 Å². The molecule has 0 aromatic heterocycles. The van der Waals surface area contributed by atoms with Gasteiger partial charge in [-0.3, -0.25) is 0 Å². The molecule has 0 radical (unpaired) electrons. The van der Waals surface area contributed by atoms with Crippen LogP contribution in [0.5, 0.6) is 0 Å². The minimum absolute atomic E-state index is 0.779. The van der Waals surface area contributed by atoms with Gasteiger partial charge in [-0.1, -0.05) is 20.8 Å². The number of hydrogen-bond donors (Lipinski definition) is 0. The highest BCUT2D eigenvalue weighted by Crippen LogP contribution is 2.73. The Balaban J connectivity index is 2.15. The predicted octanol–water partition coefficient (Wildman–Crippen LogP) is 3.22. The van der Waals surface area contributed by atoms with Crippen molar-refractivity contribution in [1.29, 1.82) is 0 Å². The highest BCUT2D eigenvalue weighted by Gasteiger charge is 2.63. The molecule has 0 aliphatic heterocycles. The Morgan fingerprint density at radius 3 is 1.60 bits per heavy atom. The molecule has 2 aliphatic rings. The molecular weight excluding hydrogens is 120 g/mol. The zero-order valence-electron chi connectivity index (χ0n) is 7.41. The van der Waals surface area contributed by atoms with E-state index in [0.29, 0.717) is 0 Å². The third kappa shape index (κ3) is 0.627. The average Bonchev–Trinajstić information content (AvgIpc) is 2.55. The molecule has 0 heteroatoms. The van der Waals surface area contributed by atoms with Gasteiger partial charge in [-0.25, -0.2) is 0 Å². The van der Waals surface area contributed by atoms with Crippen molar-refractivity contribution in [2.75, 3.05) is 0 Å². The second-order valence-corrected chi connectivity index (χ2v) is 4.87. The molecule has 2 fully saturated rings. The number of rotatable bonds is 2. The third-order valence-electron chi connectivity index (χ3n) is 4.10. The fraction of sp³-hybridized carbons (Fsp3) is 1.00. The van der Waals surface area contributed by atoms with Gasteiger partial charge in [0.1, 0.15) is 0 Å². The molecule has 58 valence electrons. The van der Waals surface area contributed by atoms with Gasteiger partial charge in [-0.2, -0.15) is 0 Å². The van der Waals surface area contributed by atoms with Crippen LogP contribution >= 0.6 is 0 Å². The van der Waals surface area contributed by atoms with Crippen molar-refractivity contribution in [2.24, 2.45) is 16.7 Å². The van der Waals surface area contributed by atoms with Crippen LogP contribution < -0.4 is 0 Å². The molecule has 0 saturated heterocycles. The van der Waals surface area contributed by atoms with E-state index in [0.717, 1.165) is 16.7 Å². The first-order valence-electron chi connectivity index (χ1n) is 4.61. The molecule has 2 saturated carbocycles. The average molecular weight is 138 g/mol. The summed E-state index contributed by atoms with van der Waals surface area (Å²) in [6.07, 6.45) is 6.04. The van der Waals surface area contributed by atoms with Crippen LogP contribution in [0.2, 0.25) is 0 Å². The molecule has 10 heavy (non-hydrogen) atoms. The minimum atomic E-state index is 0.779. The molecule has 0 bridgehead atoms. The number of hydrogen-bond acceptors (Lipinski definition) is 0. The Morgan fingerprint density at radius 2 is 1.50 bits per heavy atom. The monoisotopic (exact) mass is 138 g/mol. The van der Waals surface area contributed by atoms with Crippen LogP contribution in [0.15, 0.2) is 0 Å². The Morgan fingerprint density at radius 1 is 1.00 bits per heavy atom. The van der Waals surface area contributed by atoms with Crippen molar-refractivity contribution in [2.45, 2.75) is 46.5 Å². The quantitative estimate of drug-likeness (QED) is 0.549. The lowest BCUT2D eigenvalue weighted by Gasteiger charge is -2.26. The first-order chi connectivity index (χ1) is 4.61. The van der Waals surface area contributed by atoms with Gasteiger partial charge in [0.15, 0.2) is 0 Å². The first-order valence-corrected chi connectivity index (χ1v) is 4.61. The summed E-state index contributed by atoms with van der Waals surface area (Å²) in [4.78, 5) is 0. The summed E-state index contributed by atoms with van der Waals surface area (Å²) in [6.45, 7) is 7.28. The zero-order chi connectivity index (χ0) is 7.41. The summed E-state index contributed by atoms with van der Waals surface area (Å²) in [5, 5.41) is 0. The molecule has 0 amide bonds. The topological polar surface area (TPSA) is 0 Å². The largest absolute Gasteiger partial charge is 0.0622 e. The van der Waals surface area contributed by atoms with Crippen molar-refractivity contribution in [3.8, 4) is 0 Å². The molecule has 2 aliphatic carbocycles. The van der Waals surface area contributed by atoms with Gasteiger partial charge in [0.05, 0.1) is 0 Å². The molecular formula is C10H18. The van der Waals surface area contributed by atoms with Crippen LogP contribution in [-0.4, -0.2) is 0 Å². The zero-order valence-corrected chi connectivity index (χ0v) is 7.41. The van der Waals surface area contributed by atoms with Crippen molar-refractivity contribution >= 4 is 0 Å². The first kappa shape index (κ1) is 6.69. The van der Waals surface area contributed by atoms with E-state index in [1.807, 2.05) is 0 Å². The Bertz CT molecular complexity index is 147. The van der Waals surface area contributed by atoms with E-state index in [1.165, 1.54) is 25.7 Å². The summed E-state index contributed by atoms with van der Waals surface area (Å²) in [5.41, 5.74) is 1.58. The lowest BCUT2D eigenvalue weighted by atomic mass is 9.78. The molecule has 0 aromatic carbocycles. The molecule has 0 N–H and O–H groups in total. The molecule has 2 rings (SSSR count). The van der Waals surface area contributed by atoms with Crippen molar-refractivity contribution in [3.05, 3.63) is 0 Å². The molecule has 0 unspecified atom stereocenters. The van der Waals surface area contributed by atoms with Gasteiger partial charge in [-0.15, -0.1) is 0 Å². The molecule has 0 nitrogen and oxygen atoms in total. The Hall–Kier alpha value is 0. The second-order valence-electron chi connectivity index (χ2n) is 4.87. The summed E-state index contributed by atoms with van der Waals surface area (Å²) in [7, 11) is 0. The normalized spacial score (nSPS) is 32.4. The maximum absolute atomic E-state index is 2.49. The van der Waals surface area contributed by atoms with Crippen LogP contribution in [0.4, 0.5) is 0 Å². The van der Waals surface area contributed by atoms with Gasteiger partial charge in [-0.05, 0) is 42.4 Å². The van der Waals surface area contributed by atoms with E-state index in [4.69, 9.17) is 0 Å². The lowest BCUT2D eigenvalue weighted by molar-refractivity contribution is 0.221. The molecule has 0 heterocycles. The fourth-order valence-electron chi connectivity index (χ4n) is 2.70. The predicted molar refractivity (Wildman–Crippen MR) is 43.8 cm³/mol. The van der Waals surface area contributed by atoms with Crippen molar-refractivity contribution in [1.82, 2.24) is 0 Å². The SMILES string of the molecule is CC(C)C1(C2(C)CC2)CC1. The maximum Gasteiger partial charge on any atom is -0.0220 e. The van der Waals surface area contributed by atoms with E-state index in [-0.39, 0.29) is 0 Å². The Kier molecular flexibility index (Phi) is 1.07. The van der Waals surface area contributed by atoms with Crippen molar-refractivity contribution in [3.63, 3.8) is 0 Å². The summed E-state index contributed by atoms with van der Waals surface area (Å²) >= 11 is 0. The summed E-state index contributed by atoms with van der Waals surface area (Å²) < 4.78 is 0. The van der Waals surface area contributed by atoms with E-state index in [2.05, 4.69) is 20.8 Å². The second kappa shape index (κ2) is 1.60. The standard InChI is InChI=1S/C10H18/c1-8(2)10(6-7-10)9(3)4-5-9/h8H,4-7H2,1-3H3. The van der Waals surface area contributed by atoms with Gasteiger partial charge < -0.3 is 0 Å².